The van der Waals surface area contributed by atoms with Gasteiger partial charge in [-0.2, -0.15) is 0 Å². The zero-order chi connectivity index (χ0) is 17.1. The van der Waals surface area contributed by atoms with Crippen molar-refractivity contribution in [3.05, 3.63) is 58.6 Å². The molecule has 6 heteroatoms. The number of carbonyl (C=O) groups excluding carboxylic acids is 2. The number of anilines is 1. The van der Waals surface area contributed by atoms with Crippen molar-refractivity contribution < 1.29 is 19.6 Å². The van der Waals surface area contributed by atoms with Crippen LogP contribution in [-0.2, 0) is 16.1 Å². The number of nitrogens with two attached hydrogens (primary N) is 1. The Morgan fingerprint density at radius 3 is 2.42 bits per heavy atom. The van der Waals surface area contributed by atoms with Crippen molar-refractivity contribution in [3.63, 3.8) is 0 Å². The topological polar surface area (TPSA) is 63.2 Å². The number of ether oxygens (including phenoxy) is 1. The highest BCUT2D eigenvalue weighted by Crippen LogP contribution is 2.23. The molecule has 1 atom stereocenters. The molecule has 0 radical (unpaired) electrons. The van der Waals surface area contributed by atoms with Gasteiger partial charge in [-0.3, -0.25) is 9.59 Å². The third-order valence-corrected chi connectivity index (χ3v) is 4.59. The minimum Gasteiger partial charge on any atom is -0.497 e. The second-order valence-electron chi connectivity index (χ2n) is 5.64. The number of nitrogens with zero attached hydrogens (tertiary/aromatic N) is 1. The number of methoxy groups -OCH3 is 1. The van der Waals surface area contributed by atoms with E-state index < -0.39 is 0 Å². The van der Waals surface area contributed by atoms with E-state index in [-0.39, 0.29) is 24.3 Å². The summed E-state index contributed by atoms with van der Waals surface area (Å²) in [6.07, 6.45) is 0.227. The fourth-order valence-electron chi connectivity index (χ4n) is 2.74. The summed E-state index contributed by atoms with van der Waals surface area (Å²) >= 11 is 3.35. The van der Waals surface area contributed by atoms with Crippen LogP contribution < -0.4 is 15.0 Å². The maximum atomic E-state index is 12.6. The Labute approximate surface area is 148 Å². The molecule has 0 spiro atoms. The molecule has 2 N–H and O–H groups in total. The Morgan fingerprint density at radius 2 is 1.79 bits per heavy atom. The normalized spacial score (nSPS) is 17.4. The first kappa shape index (κ1) is 16.7. The first-order valence-electron chi connectivity index (χ1n) is 7.67. The van der Waals surface area contributed by atoms with Gasteiger partial charge in [0, 0.05) is 10.0 Å². The van der Waals surface area contributed by atoms with E-state index in [1.165, 1.54) is 4.90 Å². The zero-order valence-corrected chi connectivity index (χ0v) is 14.8. The van der Waals surface area contributed by atoms with Gasteiger partial charge in [0.2, 0.25) is 5.91 Å². The van der Waals surface area contributed by atoms with Crippen LogP contribution in [0.3, 0.4) is 0 Å². The highest BCUT2D eigenvalue weighted by Gasteiger charge is 2.42. The molecule has 1 fully saturated rings. The van der Waals surface area contributed by atoms with E-state index >= 15 is 0 Å². The van der Waals surface area contributed by atoms with Gasteiger partial charge in [-0.25, -0.2) is 4.90 Å². The van der Waals surface area contributed by atoms with E-state index in [9.17, 15) is 9.59 Å². The van der Waals surface area contributed by atoms with Gasteiger partial charge in [-0.05, 0) is 48.5 Å². The number of amides is 2. The SMILES string of the molecule is COc1ccc(C[NH2+][C@@H]2CC(=O)N(c3ccc(Br)cc3)C2=O)cc1. The first-order chi connectivity index (χ1) is 11.6. The monoisotopic (exact) mass is 389 g/mol. The largest absolute Gasteiger partial charge is 0.497 e. The molecule has 0 unspecified atom stereocenters. The van der Waals surface area contributed by atoms with E-state index in [1.807, 2.05) is 41.7 Å². The minimum absolute atomic E-state index is 0.154. The van der Waals surface area contributed by atoms with Gasteiger partial charge < -0.3 is 10.1 Å². The standard InChI is InChI=1S/C18H17BrN2O3/c1-24-15-8-2-12(3-9-15)11-20-16-10-17(22)21(18(16)23)14-6-4-13(19)5-7-14/h2-9,16,20H,10-11H2,1H3/p+1/t16-/m1/s1. The maximum absolute atomic E-state index is 12.6. The van der Waals surface area contributed by atoms with Gasteiger partial charge in [0.25, 0.3) is 5.91 Å². The summed E-state index contributed by atoms with van der Waals surface area (Å²) < 4.78 is 6.04. The maximum Gasteiger partial charge on any atom is 0.292 e. The molecular formula is C18H18BrN2O3+. The number of hydrogen-bond donors (Lipinski definition) is 1. The number of benzene rings is 2. The van der Waals surface area contributed by atoms with Crippen LogP contribution in [0.1, 0.15) is 12.0 Å². The number of carbonyl (C=O) groups is 2. The third kappa shape index (κ3) is 3.49. The fraction of sp³-hybridized carbons (Fsp3) is 0.222. The van der Waals surface area contributed by atoms with E-state index in [1.54, 1.807) is 19.2 Å². The molecule has 2 aromatic rings. The summed E-state index contributed by atoms with van der Waals surface area (Å²) in [5.41, 5.74) is 1.70. The molecule has 1 saturated heterocycles. The lowest BCUT2D eigenvalue weighted by Crippen LogP contribution is -2.90. The van der Waals surface area contributed by atoms with Crippen molar-refractivity contribution in [2.45, 2.75) is 19.0 Å². The molecule has 5 nitrogen and oxygen atoms in total. The lowest BCUT2D eigenvalue weighted by atomic mass is 10.2. The number of quaternary nitrogens is 1. The summed E-state index contributed by atoms with van der Waals surface area (Å²) in [6.45, 7) is 0.641. The Kier molecular flexibility index (Phi) is 4.97. The quantitative estimate of drug-likeness (QED) is 0.793. The van der Waals surface area contributed by atoms with Crippen LogP contribution in [0.15, 0.2) is 53.0 Å². The number of rotatable bonds is 5. The van der Waals surface area contributed by atoms with E-state index in [0.717, 1.165) is 15.8 Å². The van der Waals surface area contributed by atoms with Crippen molar-refractivity contribution in [1.29, 1.82) is 0 Å². The molecule has 124 valence electrons. The highest BCUT2D eigenvalue weighted by atomic mass is 79.9. The first-order valence-corrected chi connectivity index (χ1v) is 8.46. The Morgan fingerprint density at radius 1 is 1.12 bits per heavy atom. The van der Waals surface area contributed by atoms with E-state index in [0.29, 0.717) is 12.2 Å². The molecule has 2 amide bonds. The van der Waals surface area contributed by atoms with Crippen LogP contribution in [0.25, 0.3) is 0 Å². The molecule has 1 heterocycles. The summed E-state index contributed by atoms with van der Waals surface area (Å²) in [6, 6.07) is 14.5. The molecule has 0 bridgehead atoms. The molecular weight excluding hydrogens is 372 g/mol. The Hall–Kier alpha value is -2.18. The Balaban J connectivity index is 1.66. The molecule has 0 saturated carbocycles. The lowest BCUT2D eigenvalue weighted by molar-refractivity contribution is -0.690. The van der Waals surface area contributed by atoms with Crippen LogP contribution in [0.5, 0.6) is 5.75 Å². The predicted molar refractivity (Wildman–Crippen MR) is 93.7 cm³/mol. The van der Waals surface area contributed by atoms with Crippen LogP contribution in [0.2, 0.25) is 0 Å². The number of hydrogen-bond acceptors (Lipinski definition) is 3. The third-order valence-electron chi connectivity index (χ3n) is 4.06. The molecule has 1 aliphatic rings. The molecule has 0 aliphatic carbocycles. The lowest BCUT2D eigenvalue weighted by Gasteiger charge is -2.14. The molecule has 0 aromatic heterocycles. The van der Waals surface area contributed by atoms with E-state index in [2.05, 4.69) is 15.9 Å². The summed E-state index contributed by atoms with van der Waals surface area (Å²) in [4.78, 5) is 26.1. The molecule has 2 aromatic carbocycles. The van der Waals surface area contributed by atoms with Crippen molar-refractivity contribution in [3.8, 4) is 5.75 Å². The van der Waals surface area contributed by atoms with Gasteiger partial charge in [-0.15, -0.1) is 0 Å². The van der Waals surface area contributed by atoms with Crippen LogP contribution in [0, 0.1) is 0 Å². The average Bonchev–Trinajstić information content (AvgIpc) is 2.88. The van der Waals surface area contributed by atoms with Crippen LogP contribution >= 0.6 is 15.9 Å². The highest BCUT2D eigenvalue weighted by molar-refractivity contribution is 9.10. The number of halogens is 1. The number of imide groups is 1. The fourth-order valence-corrected chi connectivity index (χ4v) is 3.01. The van der Waals surface area contributed by atoms with Crippen LogP contribution in [-0.4, -0.2) is 25.0 Å². The summed E-state index contributed by atoms with van der Waals surface area (Å²) in [5.74, 6) is 0.487. The smallest absolute Gasteiger partial charge is 0.292 e. The van der Waals surface area contributed by atoms with Gasteiger partial charge >= 0.3 is 0 Å². The van der Waals surface area contributed by atoms with Gasteiger partial charge in [0.15, 0.2) is 6.04 Å². The van der Waals surface area contributed by atoms with Crippen molar-refractivity contribution in [2.24, 2.45) is 0 Å². The second-order valence-corrected chi connectivity index (χ2v) is 6.56. The second kappa shape index (κ2) is 7.15. The molecule has 3 rings (SSSR count). The predicted octanol–water partition coefficient (Wildman–Crippen LogP) is 1.85. The van der Waals surface area contributed by atoms with Crippen molar-refractivity contribution >= 4 is 33.4 Å². The molecule has 24 heavy (non-hydrogen) atoms. The summed E-state index contributed by atoms with van der Waals surface area (Å²) in [5, 5.41) is 1.92. The van der Waals surface area contributed by atoms with Crippen LogP contribution in [0.4, 0.5) is 5.69 Å². The van der Waals surface area contributed by atoms with Gasteiger partial charge in [0.1, 0.15) is 12.3 Å². The van der Waals surface area contributed by atoms with Gasteiger partial charge in [-0.1, -0.05) is 15.9 Å². The average molecular weight is 390 g/mol. The minimum atomic E-state index is -0.372. The molecule has 1 aliphatic heterocycles. The van der Waals surface area contributed by atoms with Crippen molar-refractivity contribution in [1.82, 2.24) is 0 Å². The van der Waals surface area contributed by atoms with Crippen molar-refractivity contribution in [2.75, 3.05) is 12.0 Å². The van der Waals surface area contributed by atoms with Gasteiger partial charge in [0.05, 0.1) is 19.2 Å². The summed E-state index contributed by atoms with van der Waals surface area (Å²) in [7, 11) is 1.63. The zero-order valence-electron chi connectivity index (χ0n) is 13.2. The Bertz CT molecular complexity index is 744. The van der Waals surface area contributed by atoms with E-state index in [4.69, 9.17) is 4.74 Å².